The summed E-state index contributed by atoms with van der Waals surface area (Å²) in [7, 11) is 1.34. The minimum Gasteiger partial charge on any atom is -0.453 e. The lowest BCUT2D eigenvalue weighted by molar-refractivity contribution is -0.0280. The Labute approximate surface area is 267 Å². The van der Waals surface area contributed by atoms with Gasteiger partial charge in [-0.2, -0.15) is 0 Å². The molecule has 10 heteroatoms. The van der Waals surface area contributed by atoms with Gasteiger partial charge in [0.1, 0.15) is 0 Å². The molecule has 44 heavy (non-hydrogen) atoms. The second-order valence-electron chi connectivity index (χ2n) is 12.4. The van der Waals surface area contributed by atoms with Crippen LogP contribution in [0.2, 0.25) is 5.02 Å². The number of carbonyl (C=O) groups excluding carboxylic acids is 1. The molecule has 0 spiro atoms. The van der Waals surface area contributed by atoms with E-state index in [0.29, 0.717) is 43.6 Å². The lowest BCUT2D eigenvalue weighted by Gasteiger charge is -2.39. The van der Waals surface area contributed by atoms with E-state index in [-0.39, 0.29) is 18.1 Å². The molecule has 9 nitrogen and oxygen atoms in total. The van der Waals surface area contributed by atoms with Gasteiger partial charge in [0.05, 0.1) is 32.0 Å². The van der Waals surface area contributed by atoms with Crippen molar-refractivity contribution in [2.75, 3.05) is 40.0 Å². The standard InChI is InChI=1S/C34H51ClN4O5/c1-43-34(42)37-18-20-44-33(26-11-7-13-28(35)22-26)27-12-8-19-39(23-27)24-38-30(21-25-9-3-2-4-10-25)32(41)31(40)16-15-29-14-5-6-17-36-29/h5-7,11,13-14,17,22,25,27,30-33,38,40-41H,2-4,8-10,12,15-16,18-21,23-24H2,1H3,(H,37,42)/t27-,30+,31+,32-,33+/m1/s1. The number of likely N-dealkylation sites (tertiary alicyclic amines) is 1. The molecule has 2 aliphatic rings. The van der Waals surface area contributed by atoms with Crippen molar-refractivity contribution < 1.29 is 24.5 Å². The average Bonchev–Trinajstić information content (AvgIpc) is 3.06. The molecule has 2 heterocycles. The Hall–Kier alpha value is -2.27. The number of benzene rings is 1. The number of methoxy groups -OCH3 is 1. The number of carbonyl (C=O) groups is 1. The highest BCUT2D eigenvalue weighted by Gasteiger charge is 2.32. The topological polar surface area (TPSA) is 116 Å². The maximum atomic E-state index is 11.5. The number of piperidine rings is 1. The quantitative estimate of drug-likeness (QED) is 0.189. The summed E-state index contributed by atoms with van der Waals surface area (Å²) in [6, 6.07) is 13.4. The molecule has 0 unspecified atom stereocenters. The van der Waals surface area contributed by atoms with Gasteiger partial charge < -0.3 is 25.0 Å². The number of amides is 1. The molecular formula is C34H51ClN4O5. The van der Waals surface area contributed by atoms with Gasteiger partial charge >= 0.3 is 6.09 Å². The summed E-state index contributed by atoms with van der Waals surface area (Å²) in [6.45, 7) is 3.11. The molecule has 244 valence electrons. The van der Waals surface area contributed by atoms with Gasteiger partial charge in [0.15, 0.2) is 0 Å². The molecule has 2 fully saturated rings. The predicted molar refractivity (Wildman–Crippen MR) is 172 cm³/mol. The zero-order chi connectivity index (χ0) is 31.1. The fourth-order valence-corrected chi connectivity index (χ4v) is 6.93. The number of aliphatic hydroxyl groups is 2. The van der Waals surface area contributed by atoms with Gasteiger partial charge in [0, 0.05) is 48.6 Å². The molecule has 1 saturated heterocycles. The molecule has 2 aromatic rings. The Bertz CT molecular complexity index is 1110. The summed E-state index contributed by atoms with van der Waals surface area (Å²) in [5, 5.41) is 29.4. The van der Waals surface area contributed by atoms with Crippen LogP contribution in [-0.2, 0) is 15.9 Å². The number of hydrogen-bond acceptors (Lipinski definition) is 8. The van der Waals surface area contributed by atoms with Crippen molar-refractivity contribution in [3.8, 4) is 0 Å². The lowest BCUT2D eigenvalue weighted by atomic mass is 9.82. The van der Waals surface area contributed by atoms with Crippen molar-refractivity contribution in [2.24, 2.45) is 11.8 Å². The van der Waals surface area contributed by atoms with Crippen LogP contribution in [0.25, 0.3) is 0 Å². The zero-order valence-corrected chi connectivity index (χ0v) is 26.8. The third kappa shape index (κ3) is 11.3. The fourth-order valence-electron chi connectivity index (χ4n) is 6.73. The number of rotatable bonds is 16. The van der Waals surface area contributed by atoms with Crippen molar-refractivity contribution in [1.82, 2.24) is 20.5 Å². The number of hydrogen-bond donors (Lipinski definition) is 4. The number of aliphatic hydroxyl groups excluding tert-OH is 2. The summed E-state index contributed by atoms with van der Waals surface area (Å²) in [4.78, 5) is 18.3. The van der Waals surface area contributed by atoms with E-state index in [1.807, 2.05) is 42.5 Å². The highest BCUT2D eigenvalue weighted by atomic mass is 35.5. The smallest absolute Gasteiger partial charge is 0.406 e. The number of ether oxygens (including phenoxy) is 2. The van der Waals surface area contributed by atoms with Crippen LogP contribution in [0.4, 0.5) is 4.79 Å². The summed E-state index contributed by atoms with van der Waals surface area (Å²) in [5.41, 5.74) is 1.95. The third-order valence-corrected chi connectivity index (χ3v) is 9.35. The Kier molecular flexibility index (Phi) is 14.7. The van der Waals surface area contributed by atoms with E-state index in [9.17, 15) is 15.0 Å². The largest absolute Gasteiger partial charge is 0.453 e. The van der Waals surface area contributed by atoms with Crippen LogP contribution < -0.4 is 10.6 Å². The van der Waals surface area contributed by atoms with Gasteiger partial charge in [-0.1, -0.05) is 61.9 Å². The molecule has 1 aromatic carbocycles. The van der Waals surface area contributed by atoms with Crippen LogP contribution in [0, 0.1) is 11.8 Å². The zero-order valence-electron chi connectivity index (χ0n) is 26.1. The van der Waals surface area contributed by atoms with Crippen molar-refractivity contribution in [3.63, 3.8) is 0 Å². The van der Waals surface area contributed by atoms with Gasteiger partial charge in [0.25, 0.3) is 0 Å². The predicted octanol–water partition coefficient (Wildman–Crippen LogP) is 5.10. The van der Waals surface area contributed by atoms with E-state index in [1.165, 1.54) is 39.2 Å². The van der Waals surface area contributed by atoms with E-state index in [0.717, 1.165) is 43.6 Å². The minimum atomic E-state index is -0.855. The lowest BCUT2D eigenvalue weighted by Crippen LogP contribution is -2.52. The normalized spacial score (nSPS) is 20.9. The van der Waals surface area contributed by atoms with Crippen LogP contribution >= 0.6 is 11.6 Å². The van der Waals surface area contributed by atoms with Gasteiger partial charge in [-0.05, 0) is 74.4 Å². The van der Waals surface area contributed by atoms with E-state index in [4.69, 9.17) is 16.3 Å². The van der Waals surface area contributed by atoms with Gasteiger partial charge in [0.2, 0.25) is 0 Å². The molecular weight excluding hydrogens is 580 g/mol. The molecule has 4 rings (SSSR count). The van der Waals surface area contributed by atoms with Crippen molar-refractivity contribution in [2.45, 2.75) is 88.6 Å². The minimum absolute atomic E-state index is 0.173. The molecule has 4 N–H and O–H groups in total. The molecule has 5 atom stereocenters. The van der Waals surface area contributed by atoms with E-state index in [1.54, 1.807) is 6.20 Å². The molecule has 1 amide bonds. The first-order valence-electron chi connectivity index (χ1n) is 16.3. The highest BCUT2D eigenvalue weighted by Crippen LogP contribution is 2.34. The Morgan fingerprint density at radius 3 is 2.70 bits per heavy atom. The number of nitrogens with zero attached hydrogens (tertiary/aromatic N) is 2. The SMILES string of the molecule is COC(=O)NCCO[C@@H](c1cccc(Cl)c1)[C@@H]1CCCN(CN[C@@H](CC2CCCCC2)[C@@H](O)[C@@H](O)CCc2ccccn2)C1. The van der Waals surface area contributed by atoms with E-state index >= 15 is 0 Å². The Morgan fingerprint density at radius 2 is 1.95 bits per heavy atom. The fraction of sp³-hybridized carbons (Fsp3) is 0.647. The first-order chi connectivity index (χ1) is 21.4. The first-order valence-corrected chi connectivity index (χ1v) is 16.7. The van der Waals surface area contributed by atoms with Crippen molar-refractivity contribution in [3.05, 3.63) is 64.9 Å². The van der Waals surface area contributed by atoms with Crippen LogP contribution in [-0.4, -0.2) is 84.5 Å². The second-order valence-corrected chi connectivity index (χ2v) is 12.8. The maximum absolute atomic E-state index is 11.5. The number of nitrogens with one attached hydrogen (secondary N) is 2. The molecule has 1 aromatic heterocycles. The first kappa shape index (κ1) is 34.6. The van der Waals surface area contributed by atoms with Crippen LogP contribution in [0.15, 0.2) is 48.7 Å². The monoisotopic (exact) mass is 630 g/mol. The average molecular weight is 631 g/mol. The number of pyridine rings is 1. The maximum Gasteiger partial charge on any atom is 0.406 e. The van der Waals surface area contributed by atoms with Crippen LogP contribution in [0.1, 0.15) is 75.1 Å². The second kappa shape index (κ2) is 18.6. The van der Waals surface area contributed by atoms with Crippen molar-refractivity contribution >= 4 is 17.7 Å². The summed E-state index contributed by atoms with van der Waals surface area (Å²) >= 11 is 6.36. The van der Waals surface area contributed by atoms with Crippen molar-refractivity contribution in [1.29, 1.82) is 0 Å². The molecule has 0 bridgehead atoms. The number of alkyl carbamates (subject to hydrolysis) is 1. The van der Waals surface area contributed by atoms with Crippen LogP contribution in [0.5, 0.6) is 0 Å². The Morgan fingerprint density at radius 1 is 1.11 bits per heavy atom. The number of aryl methyl sites for hydroxylation is 1. The number of halogens is 1. The van der Waals surface area contributed by atoms with Gasteiger partial charge in [-0.25, -0.2) is 4.79 Å². The third-order valence-electron chi connectivity index (χ3n) is 9.12. The molecule has 1 saturated carbocycles. The van der Waals surface area contributed by atoms with E-state index < -0.39 is 18.3 Å². The van der Waals surface area contributed by atoms with Gasteiger partial charge in [-0.15, -0.1) is 0 Å². The number of aromatic nitrogens is 1. The molecule has 0 radical (unpaired) electrons. The highest BCUT2D eigenvalue weighted by molar-refractivity contribution is 6.30. The summed E-state index contributed by atoms with van der Waals surface area (Å²) < 4.78 is 11.0. The van der Waals surface area contributed by atoms with Crippen LogP contribution in [0.3, 0.4) is 0 Å². The molecule has 1 aliphatic heterocycles. The Balaban J connectivity index is 1.37. The summed E-state index contributed by atoms with van der Waals surface area (Å²) in [5.74, 6) is 0.792. The summed E-state index contributed by atoms with van der Waals surface area (Å²) in [6.07, 6.45) is 9.56. The molecule has 1 aliphatic carbocycles. The van der Waals surface area contributed by atoms with E-state index in [2.05, 4.69) is 25.3 Å². The van der Waals surface area contributed by atoms with Gasteiger partial charge in [-0.3, -0.25) is 15.2 Å².